The molecule has 1 aliphatic heterocycles. The smallest absolute Gasteiger partial charge is 0.224 e. The molecule has 126 valence electrons. The van der Waals surface area contributed by atoms with Crippen LogP contribution in [-0.2, 0) is 9.59 Å². The number of hydrogen-bond donors (Lipinski definition) is 3. The van der Waals surface area contributed by atoms with E-state index in [4.69, 9.17) is 0 Å². The fourth-order valence-corrected chi connectivity index (χ4v) is 3.30. The van der Waals surface area contributed by atoms with Gasteiger partial charge in [-0.2, -0.15) is 0 Å². The summed E-state index contributed by atoms with van der Waals surface area (Å²) in [7, 11) is 0. The van der Waals surface area contributed by atoms with Crippen molar-refractivity contribution in [3.05, 3.63) is 22.7 Å². The van der Waals surface area contributed by atoms with E-state index in [1.54, 1.807) is 12.1 Å². The van der Waals surface area contributed by atoms with Crippen molar-refractivity contribution in [2.45, 2.75) is 33.1 Å². The number of anilines is 2. The highest BCUT2D eigenvalue weighted by atomic mass is 79.9. The average molecular weight is 382 g/mol. The molecule has 0 aliphatic carbocycles. The Balaban J connectivity index is 1.98. The van der Waals surface area contributed by atoms with Crippen molar-refractivity contribution in [1.82, 2.24) is 5.32 Å². The summed E-state index contributed by atoms with van der Waals surface area (Å²) in [6, 6.07) is 5.41. The Labute approximate surface area is 145 Å². The number of amides is 2. The van der Waals surface area contributed by atoms with E-state index in [-0.39, 0.29) is 11.8 Å². The van der Waals surface area contributed by atoms with Gasteiger partial charge in [-0.25, -0.2) is 0 Å². The number of halogens is 1. The Hall–Kier alpha value is -1.40. The van der Waals surface area contributed by atoms with Gasteiger partial charge in [-0.05, 0) is 56.0 Å². The van der Waals surface area contributed by atoms with Gasteiger partial charge in [0.05, 0.1) is 11.4 Å². The summed E-state index contributed by atoms with van der Waals surface area (Å²) in [6.45, 7) is 5.65. The lowest BCUT2D eigenvalue weighted by molar-refractivity contribution is -0.117. The minimum absolute atomic E-state index is 0.0206. The molecule has 1 aliphatic rings. The van der Waals surface area contributed by atoms with Gasteiger partial charge < -0.3 is 16.0 Å². The molecule has 6 heteroatoms. The maximum atomic E-state index is 12.4. The molecule has 0 bridgehead atoms. The van der Waals surface area contributed by atoms with E-state index < -0.39 is 0 Å². The summed E-state index contributed by atoms with van der Waals surface area (Å²) in [6.07, 6.45) is 2.84. The second-order valence-electron chi connectivity index (χ2n) is 6.21. The second kappa shape index (κ2) is 8.45. The molecular formula is C17H24BrN3O2. The molecule has 0 spiro atoms. The van der Waals surface area contributed by atoms with Crippen LogP contribution in [0.4, 0.5) is 11.4 Å². The highest BCUT2D eigenvalue weighted by Crippen LogP contribution is 2.28. The Morgan fingerprint density at radius 3 is 2.78 bits per heavy atom. The molecule has 1 heterocycles. The zero-order valence-electron chi connectivity index (χ0n) is 13.6. The number of nitrogens with one attached hydrogen (secondary N) is 3. The Morgan fingerprint density at radius 1 is 1.35 bits per heavy atom. The standard InChI is InChI=1S/C17H24BrN3O2/c1-11(13-4-3-7-19-10-13)8-17(23)21-16-9-14(18)5-6-15(16)20-12(2)22/h5-6,9,11,13,19H,3-4,7-8,10H2,1-2H3,(H,20,22)(H,21,23). The largest absolute Gasteiger partial charge is 0.325 e. The monoisotopic (exact) mass is 381 g/mol. The summed E-state index contributed by atoms with van der Waals surface area (Å²) < 4.78 is 0.853. The van der Waals surface area contributed by atoms with Crippen molar-refractivity contribution >= 4 is 39.1 Å². The van der Waals surface area contributed by atoms with Crippen LogP contribution in [0.5, 0.6) is 0 Å². The van der Waals surface area contributed by atoms with Gasteiger partial charge in [-0.1, -0.05) is 22.9 Å². The molecule has 2 rings (SSSR count). The van der Waals surface area contributed by atoms with Crippen LogP contribution in [0.3, 0.4) is 0 Å². The molecule has 2 unspecified atom stereocenters. The van der Waals surface area contributed by atoms with Crippen molar-refractivity contribution in [2.75, 3.05) is 23.7 Å². The molecule has 23 heavy (non-hydrogen) atoms. The molecule has 1 aromatic rings. The van der Waals surface area contributed by atoms with Crippen molar-refractivity contribution in [3.63, 3.8) is 0 Å². The molecule has 0 radical (unpaired) electrons. The van der Waals surface area contributed by atoms with Crippen LogP contribution in [0.2, 0.25) is 0 Å². The molecule has 1 fully saturated rings. The van der Waals surface area contributed by atoms with Crippen molar-refractivity contribution in [1.29, 1.82) is 0 Å². The van der Waals surface area contributed by atoms with Crippen LogP contribution in [0.15, 0.2) is 22.7 Å². The van der Waals surface area contributed by atoms with Gasteiger partial charge in [0.1, 0.15) is 0 Å². The van der Waals surface area contributed by atoms with Gasteiger partial charge in [-0.15, -0.1) is 0 Å². The Kier molecular flexibility index (Phi) is 6.59. The van der Waals surface area contributed by atoms with E-state index in [9.17, 15) is 9.59 Å². The quantitative estimate of drug-likeness (QED) is 0.731. The van der Waals surface area contributed by atoms with E-state index in [1.807, 2.05) is 6.07 Å². The number of rotatable bonds is 5. The first-order valence-corrected chi connectivity index (χ1v) is 8.82. The third-order valence-electron chi connectivity index (χ3n) is 4.21. The molecule has 2 amide bonds. The van der Waals surface area contributed by atoms with E-state index in [2.05, 4.69) is 38.8 Å². The van der Waals surface area contributed by atoms with Crippen LogP contribution in [0.25, 0.3) is 0 Å². The molecule has 0 saturated carbocycles. The average Bonchev–Trinajstić information content (AvgIpc) is 2.50. The topological polar surface area (TPSA) is 70.2 Å². The fraction of sp³-hybridized carbons (Fsp3) is 0.529. The number of benzene rings is 1. The number of carbonyl (C=O) groups excluding carboxylic acids is 2. The molecule has 5 nitrogen and oxygen atoms in total. The molecular weight excluding hydrogens is 358 g/mol. The first-order chi connectivity index (χ1) is 11.0. The summed E-state index contributed by atoms with van der Waals surface area (Å²) in [5.74, 6) is 0.697. The Bertz CT molecular complexity index is 571. The first-order valence-electron chi connectivity index (χ1n) is 8.03. The number of hydrogen-bond acceptors (Lipinski definition) is 3. The van der Waals surface area contributed by atoms with E-state index in [0.29, 0.717) is 29.6 Å². The van der Waals surface area contributed by atoms with Gasteiger partial charge in [0.2, 0.25) is 11.8 Å². The maximum Gasteiger partial charge on any atom is 0.224 e. The van der Waals surface area contributed by atoms with Crippen LogP contribution in [0, 0.1) is 11.8 Å². The fourth-order valence-electron chi connectivity index (χ4n) is 2.94. The van der Waals surface area contributed by atoms with Gasteiger partial charge in [0.15, 0.2) is 0 Å². The van der Waals surface area contributed by atoms with Crippen LogP contribution >= 0.6 is 15.9 Å². The predicted molar refractivity (Wildman–Crippen MR) is 96.5 cm³/mol. The van der Waals surface area contributed by atoms with Gasteiger partial charge in [0, 0.05) is 17.8 Å². The van der Waals surface area contributed by atoms with Crippen molar-refractivity contribution in [2.24, 2.45) is 11.8 Å². The van der Waals surface area contributed by atoms with E-state index >= 15 is 0 Å². The Morgan fingerprint density at radius 2 is 2.13 bits per heavy atom. The summed E-state index contributed by atoms with van der Waals surface area (Å²) in [5, 5.41) is 9.05. The lowest BCUT2D eigenvalue weighted by Gasteiger charge is -2.28. The molecule has 0 aromatic heterocycles. The summed E-state index contributed by atoms with van der Waals surface area (Å²) in [5.41, 5.74) is 1.23. The van der Waals surface area contributed by atoms with Gasteiger partial charge in [0.25, 0.3) is 0 Å². The first kappa shape index (κ1) is 17.9. The lowest BCUT2D eigenvalue weighted by Crippen LogP contribution is -2.34. The minimum Gasteiger partial charge on any atom is -0.325 e. The van der Waals surface area contributed by atoms with Crippen LogP contribution in [0.1, 0.15) is 33.1 Å². The summed E-state index contributed by atoms with van der Waals surface area (Å²) in [4.78, 5) is 23.6. The normalized spacial score (nSPS) is 19.0. The van der Waals surface area contributed by atoms with Crippen molar-refractivity contribution in [3.8, 4) is 0 Å². The highest BCUT2D eigenvalue weighted by molar-refractivity contribution is 9.10. The van der Waals surface area contributed by atoms with E-state index in [1.165, 1.54) is 19.8 Å². The van der Waals surface area contributed by atoms with Crippen LogP contribution in [-0.4, -0.2) is 24.9 Å². The summed E-state index contributed by atoms with van der Waals surface area (Å²) >= 11 is 3.39. The predicted octanol–water partition coefficient (Wildman–Crippen LogP) is 3.37. The number of piperidine rings is 1. The molecule has 1 saturated heterocycles. The van der Waals surface area contributed by atoms with Gasteiger partial charge >= 0.3 is 0 Å². The molecule has 3 N–H and O–H groups in total. The zero-order chi connectivity index (χ0) is 16.8. The second-order valence-corrected chi connectivity index (χ2v) is 7.12. The van der Waals surface area contributed by atoms with Gasteiger partial charge in [-0.3, -0.25) is 9.59 Å². The SMILES string of the molecule is CC(=O)Nc1ccc(Br)cc1NC(=O)CC(C)C1CCCNC1. The molecule has 1 aromatic carbocycles. The third-order valence-corrected chi connectivity index (χ3v) is 4.71. The van der Waals surface area contributed by atoms with Crippen LogP contribution < -0.4 is 16.0 Å². The zero-order valence-corrected chi connectivity index (χ0v) is 15.2. The maximum absolute atomic E-state index is 12.4. The van der Waals surface area contributed by atoms with Crippen molar-refractivity contribution < 1.29 is 9.59 Å². The lowest BCUT2D eigenvalue weighted by atomic mass is 9.85. The highest BCUT2D eigenvalue weighted by Gasteiger charge is 2.22. The molecule has 2 atom stereocenters. The minimum atomic E-state index is -0.163. The van der Waals surface area contributed by atoms with E-state index in [0.717, 1.165) is 17.6 Å². The number of carbonyl (C=O) groups is 2. The third kappa shape index (κ3) is 5.62.